The monoisotopic (exact) mass is 345 g/mol. The summed E-state index contributed by atoms with van der Waals surface area (Å²) in [6.07, 6.45) is 10.5. The summed E-state index contributed by atoms with van der Waals surface area (Å²) in [4.78, 5) is 0. The van der Waals surface area contributed by atoms with Crippen molar-refractivity contribution in [3.05, 3.63) is 66.2 Å². The van der Waals surface area contributed by atoms with Crippen LogP contribution >= 0.6 is 0 Å². The summed E-state index contributed by atoms with van der Waals surface area (Å²) in [5.41, 5.74) is 11.2. The summed E-state index contributed by atoms with van der Waals surface area (Å²) in [5.74, 6) is 0. The summed E-state index contributed by atoms with van der Waals surface area (Å²) >= 11 is 0. The van der Waals surface area contributed by atoms with E-state index in [9.17, 15) is 0 Å². The van der Waals surface area contributed by atoms with E-state index in [1.165, 1.54) is 72.4 Å². The van der Waals surface area contributed by atoms with Crippen LogP contribution in [0.4, 0.5) is 5.69 Å². The van der Waals surface area contributed by atoms with Crippen LogP contribution in [-0.2, 0) is 6.42 Å². The van der Waals surface area contributed by atoms with Crippen molar-refractivity contribution in [2.45, 2.75) is 58.3 Å². The number of aryl methyl sites for hydroxylation is 1. The normalized spacial score (nSPS) is 11.1. The predicted octanol–water partition coefficient (Wildman–Crippen LogP) is 7.38. The lowest BCUT2D eigenvalue weighted by Crippen LogP contribution is -1.96. The van der Waals surface area contributed by atoms with Crippen molar-refractivity contribution in [1.82, 2.24) is 0 Å². The smallest absolute Gasteiger partial charge is 0.0400 e. The molecule has 0 saturated carbocycles. The SMILES string of the molecule is CCCCCCCCCc1ccccc1-c1c(N)ccc2ccccc12. The minimum absolute atomic E-state index is 0.871. The Morgan fingerprint density at radius 3 is 2.23 bits per heavy atom. The van der Waals surface area contributed by atoms with E-state index in [0.717, 1.165) is 12.1 Å². The lowest BCUT2D eigenvalue weighted by Gasteiger charge is -2.15. The van der Waals surface area contributed by atoms with E-state index in [4.69, 9.17) is 5.73 Å². The molecule has 26 heavy (non-hydrogen) atoms. The molecule has 1 heteroatoms. The Balaban J connectivity index is 1.77. The van der Waals surface area contributed by atoms with Gasteiger partial charge in [-0.1, -0.05) is 100 Å². The van der Waals surface area contributed by atoms with Crippen LogP contribution in [0, 0.1) is 0 Å². The zero-order valence-corrected chi connectivity index (χ0v) is 16.0. The van der Waals surface area contributed by atoms with E-state index in [1.807, 2.05) is 6.07 Å². The fourth-order valence-corrected chi connectivity index (χ4v) is 3.84. The molecule has 0 heterocycles. The molecule has 0 spiro atoms. The molecule has 0 aliphatic rings. The van der Waals surface area contributed by atoms with Crippen LogP contribution in [0.15, 0.2) is 60.7 Å². The van der Waals surface area contributed by atoms with Crippen LogP contribution in [0.5, 0.6) is 0 Å². The fourth-order valence-electron chi connectivity index (χ4n) is 3.84. The Hall–Kier alpha value is -2.28. The molecule has 0 saturated heterocycles. The Bertz CT molecular complexity index is 834. The van der Waals surface area contributed by atoms with E-state index in [-0.39, 0.29) is 0 Å². The van der Waals surface area contributed by atoms with Gasteiger partial charge in [0, 0.05) is 11.3 Å². The number of anilines is 1. The van der Waals surface area contributed by atoms with E-state index >= 15 is 0 Å². The van der Waals surface area contributed by atoms with E-state index in [2.05, 4.69) is 61.5 Å². The maximum absolute atomic E-state index is 6.41. The quantitative estimate of drug-likeness (QED) is 0.318. The van der Waals surface area contributed by atoms with E-state index in [0.29, 0.717) is 0 Å². The zero-order chi connectivity index (χ0) is 18.2. The zero-order valence-electron chi connectivity index (χ0n) is 16.0. The minimum atomic E-state index is 0.871. The number of hydrogen-bond acceptors (Lipinski definition) is 1. The summed E-state index contributed by atoms with van der Waals surface area (Å²) in [6, 6.07) is 21.5. The summed E-state index contributed by atoms with van der Waals surface area (Å²) in [7, 11) is 0. The number of rotatable bonds is 9. The molecule has 0 fully saturated rings. The van der Waals surface area contributed by atoms with Crippen molar-refractivity contribution in [1.29, 1.82) is 0 Å². The molecule has 0 radical (unpaired) electrons. The van der Waals surface area contributed by atoms with Crippen LogP contribution in [-0.4, -0.2) is 0 Å². The average Bonchev–Trinajstić information content (AvgIpc) is 2.68. The van der Waals surface area contributed by atoms with Crippen LogP contribution < -0.4 is 5.73 Å². The lowest BCUT2D eigenvalue weighted by atomic mass is 9.91. The standard InChI is InChI=1S/C25H31N/c1-2-3-4-5-6-7-8-13-20-14-9-11-16-22(20)25-23-17-12-10-15-21(23)18-19-24(25)26/h9-12,14-19H,2-8,13,26H2,1H3. The van der Waals surface area contributed by atoms with Gasteiger partial charge in [0.1, 0.15) is 0 Å². The van der Waals surface area contributed by atoms with Crippen molar-refractivity contribution in [2.75, 3.05) is 5.73 Å². The Labute approximate surface area is 158 Å². The first-order valence-electron chi connectivity index (χ1n) is 10.2. The lowest BCUT2D eigenvalue weighted by molar-refractivity contribution is 0.589. The predicted molar refractivity (Wildman–Crippen MR) is 115 cm³/mol. The van der Waals surface area contributed by atoms with Crippen LogP contribution in [0.2, 0.25) is 0 Å². The molecule has 3 aromatic rings. The van der Waals surface area contributed by atoms with Crippen molar-refractivity contribution in [3.8, 4) is 11.1 Å². The summed E-state index contributed by atoms with van der Waals surface area (Å²) < 4.78 is 0. The number of nitrogen functional groups attached to an aromatic ring is 1. The molecule has 0 aliphatic heterocycles. The number of fused-ring (bicyclic) bond motifs is 1. The molecule has 1 nitrogen and oxygen atoms in total. The van der Waals surface area contributed by atoms with Gasteiger partial charge in [0.2, 0.25) is 0 Å². The Morgan fingerprint density at radius 1 is 0.692 bits per heavy atom. The Morgan fingerprint density at radius 2 is 1.38 bits per heavy atom. The van der Waals surface area contributed by atoms with Gasteiger partial charge in [0.05, 0.1) is 0 Å². The molecule has 0 atom stereocenters. The van der Waals surface area contributed by atoms with Crippen LogP contribution in [0.3, 0.4) is 0 Å². The first-order valence-corrected chi connectivity index (χ1v) is 10.2. The first-order chi connectivity index (χ1) is 12.8. The molecule has 3 rings (SSSR count). The molecule has 136 valence electrons. The number of hydrogen-bond donors (Lipinski definition) is 1. The fraction of sp³-hybridized carbons (Fsp3) is 0.360. The van der Waals surface area contributed by atoms with Crippen molar-refractivity contribution in [3.63, 3.8) is 0 Å². The van der Waals surface area contributed by atoms with Gasteiger partial charge in [-0.3, -0.25) is 0 Å². The van der Waals surface area contributed by atoms with Gasteiger partial charge in [-0.2, -0.15) is 0 Å². The van der Waals surface area contributed by atoms with E-state index < -0.39 is 0 Å². The van der Waals surface area contributed by atoms with Gasteiger partial charge in [-0.05, 0) is 40.8 Å². The van der Waals surface area contributed by atoms with Gasteiger partial charge >= 0.3 is 0 Å². The summed E-state index contributed by atoms with van der Waals surface area (Å²) in [6.45, 7) is 2.27. The topological polar surface area (TPSA) is 26.0 Å². The molecule has 0 unspecified atom stereocenters. The third-order valence-corrected chi connectivity index (χ3v) is 5.30. The van der Waals surface area contributed by atoms with Crippen molar-refractivity contribution < 1.29 is 0 Å². The molecular weight excluding hydrogens is 314 g/mol. The second-order valence-electron chi connectivity index (χ2n) is 7.28. The highest BCUT2D eigenvalue weighted by atomic mass is 14.6. The number of unbranched alkanes of at least 4 members (excludes halogenated alkanes) is 6. The second kappa shape index (κ2) is 9.43. The highest BCUT2D eigenvalue weighted by Gasteiger charge is 2.11. The highest BCUT2D eigenvalue weighted by Crippen LogP contribution is 2.36. The van der Waals surface area contributed by atoms with Crippen LogP contribution in [0.1, 0.15) is 57.4 Å². The molecule has 3 aromatic carbocycles. The van der Waals surface area contributed by atoms with Crippen molar-refractivity contribution >= 4 is 16.5 Å². The van der Waals surface area contributed by atoms with E-state index in [1.54, 1.807) is 0 Å². The third kappa shape index (κ3) is 4.46. The first kappa shape index (κ1) is 18.5. The molecular formula is C25H31N. The maximum atomic E-state index is 6.41. The summed E-state index contributed by atoms with van der Waals surface area (Å²) in [5, 5.41) is 2.50. The minimum Gasteiger partial charge on any atom is -0.398 e. The van der Waals surface area contributed by atoms with Gasteiger partial charge in [0.25, 0.3) is 0 Å². The molecule has 0 aromatic heterocycles. The third-order valence-electron chi connectivity index (χ3n) is 5.30. The van der Waals surface area contributed by atoms with Crippen LogP contribution in [0.25, 0.3) is 21.9 Å². The second-order valence-corrected chi connectivity index (χ2v) is 7.28. The van der Waals surface area contributed by atoms with Gasteiger partial charge in [0.15, 0.2) is 0 Å². The largest absolute Gasteiger partial charge is 0.398 e. The number of nitrogens with two attached hydrogens (primary N) is 1. The Kier molecular flexibility index (Phi) is 6.71. The molecule has 2 N–H and O–H groups in total. The van der Waals surface area contributed by atoms with Gasteiger partial charge in [-0.15, -0.1) is 0 Å². The van der Waals surface area contributed by atoms with Crippen molar-refractivity contribution in [2.24, 2.45) is 0 Å². The van der Waals surface area contributed by atoms with Gasteiger partial charge < -0.3 is 5.73 Å². The maximum Gasteiger partial charge on any atom is 0.0400 e. The van der Waals surface area contributed by atoms with Gasteiger partial charge in [-0.25, -0.2) is 0 Å². The molecule has 0 aliphatic carbocycles. The average molecular weight is 346 g/mol. The highest BCUT2D eigenvalue weighted by molar-refractivity contribution is 6.02. The molecule has 0 bridgehead atoms. The molecule has 0 amide bonds. The number of benzene rings is 3.